The molecule has 2 nitrogen and oxygen atoms in total. The van der Waals surface area contributed by atoms with E-state index in [1.807, 2.05) is 22.7 Å². The van der Waals surface area contributed by atoms with Crippen molar-refractivity contribution in [1.29, 1.82) is 0 Å². The number of halogens is 2. The van der Waals surface area contributed by atoms with Gasteiger partial charge in [0, 0.05) is 0 Å². The van der Waals surface area contributed by atoms with Crippen LogP contribution in [0.4, 0.5) is 0 Å². The summed E-state index contributed by atoms with van der Waals surface area (Å²) in [5.74, 6) is 0. The molecule has 2 heterocycles. The van der Waals surface area contributed by atoms with Gasteiger partial charge in [0.2, 0.25) is 0 Å². The van der Waals surface area contributed by atoms with Crippen LogP contribution < -0.4 is 12.4 Å². The monoisotopic (exact) mass is 210 g/mol. The SMILES string of the molecule is Clc1ccn2cn[c-]c2c1.[Cl-].[Mg+2]. The van der Waals surface area contributed by atoms with Gasteiger partial charge in [-0.05, 0) is 23.6 Å². The molecule has 12 heavy (non-hydrogen) atoms. The molecule has 0 aromatic carbocycles. The topological polar surface area (TPSA) is 17.3 Å². The second-order valence-electron chi connectivity index (χ2n) is 1.99. The molecule has 0 aliphatic rings. The van der Waals surface area contributed by atoms with E-state index in [4.69, 9.17) is 11.6 Å². The first-order chi connectivity index (χ1) is 4.86. The molecule has 0 aliphatic heterocycles. The van der Waals surface area contributed by atoms with E-state index in [1.54, 1.807) is 6.33 Å². The number of imidazole rings is 1. The number of nitrogens with zero attached hydrogens (tertiary/aromatic N) is 2. The second kappa shape index (κ2) is 4.92. The van der Waals surface area contributed by atoms with Crippen LogP contribution in [0.15, 0.2) is 24.7 Å². The summed E-state index contributed by atoms with van der Waals surface area (Å²) in [7, 11) is 0. The third-order valence-electron chi connectivity index (χ3n) is 1.31. The Morgan fingerprint density at radius 1 is 1.50 bits per heavy atom. The Kier molecular flexibility index (Phi) is 4.93. The molecule has 0 spiro atoms. The molecular formula is C7H4Cl2MgN2. The fourth-order valence-electron chi connectivity index (χ4n) is 0.833. The number of pyridine rings is 1. The first-order valence-electron chi connectivity index (χ1n) is 2.86. The summed E-state index contributed by atoms with van der Waals surface area (Å²) in [5.41, 5.74) is 0.896. The van der Waals surface area contributed by atoms with Crippen molar-refractivity contribution in [3.8, 4) is 0 Å². The van der Waals surface area contributed by atoms with Gasteiger partial charge in [-0.15, -0.1) is 6.07 Å². The Bertz CT molecular complexity index is 361. The fourth-order valence-corrected chi connectivity index (χ4v) is 0.993. The Balaban J connectivity index is 0.000000605. The molecule has 5 heteroatoms. The summed E-state index contributed by atoms with van der Waals surface area (Å²) in [6.07, 6.45) is 6.32. The van der Waals surface area contributed by atoms with Crippen molar-refractivity contribution in [2.75, 3.05) is 0 Å². The van der Waals surface area contributed by atoms with Crippen molar-refractivity contribution >= 4 is 40.2 Å². The van der Waals surface area contributed by atoms with Crippen molar-refractivity contribution in [2.45, 2.75) is 0 Å². The molecular weight excluding hydrogens is 207 g/mol. The molecule has 0 saturated carbocycles. The minimum absolute atomic E-state index is 0. The van der Waals surface area contributed by atoms with E-state index in [1.165, 1.54) is 0 Å². The van der Waals surface area contributed by atoms with Crippen molar-refractivity contribution in [3.63, 3.8) is 0 Å². The predicted octanol–water partition coefficient (Wildman–Crippen LogP) is -1.59. The smallest absolute Gasteiger partial charge is 1.00 e. The van der Waals surface area contributed by atoms with Crippen LogP contribution in [0.2, 0.25) is 5.02 Å². The Labute approximate surface area is 97.5 Å². The van der Waals surface area contributed by atoms with Crippen molar-refractivity contribution in [2.24, 2.45) is 0 Å². The van der Waals surface area contributed by atoms with Gasteiger partial charge in [0.1, 0.15) is 0 Å². The molecule has 0 radical (unpaired) electrons. The van der Waals surface area contributed by atoms with E-state index >= 15 is 0 Å². The fraction of sp³-hybridized carbons (Fsp3) is 0. The zero-order chi connectivity index (χ0) is 6.97. The zero-order valence-electron chi connectivity index (χ0n) is 6.17. The average Bonchev–Trinajstić information content (AvgIpc) is 2.33. The molecule has 2 aromatic heterocycles. The van der Waals surface area contributed by atoms with Gasteiger partial charge < -0.3 is 21.8 Å². The Hall–Kier alpha value is 0.0362. The van der Waals surface area contributed by atoms with Gasteiger partial charge in [-0.1, -0.05) is 23.3 Å². The number of hydrogen-bond acceptors (Lipinski definition) is 1. The van der Waals surface area contributed by atoms with Gasteiger partial charge in [0.15, 0.2) is 0 Å². The van der Waals surface area contributed by atoms with Gasteiger partial charge in [0.25, 0.3) is 0 Å². The van der Waals surface area contributed by atoms with Crippen molar-refractivity contribution in [3.05, 3.63) is 35.9 Å². The van der Waals surface area contributed by atoms with Crippen LogP contribution in [-0.4, -0.2) is 32.4 Å². The summed E-state index contributed by atoms with van der Waals surface area (Å²) >= 11 is 5.71. The number of fused-ring (bicyclic) bond motifs is 1. The molecule has 0 unspecified atom stereocenters. The summed E-state index contributed by atoms with van der Waals surface area (Å²) in [4.78, 5) is 3.82. The maximum Gasteiger partial charge on any atom is 2.00 e. The molecule has 0 amide bonds. The molecule has 0 aliphatic carbocycles. The van der Waals surface area contributed by atoms with Crippen LogP contribution in [-0.2, 0) is 0 Å². The normalized spacial score (nSPS) is 8.75. The molecule has 2 rings (SSSR count). The molecule has 0 bridgehead atoms. The van der Waals surface area contributed by atoms with Gasteiger partial charge in [-0.3, -0.25) is 0 Å². The average molecular weight is 211 g/mol. The van der Waals surface area contributed by atoms with E-state index in [2.05, 4.69) is 11.2 Å². The van der Waals surface area contributed by atoms with Crippen LogP contribution in [0.3, 0.4) is 0 Å². The van der Waals surface area contributed by atoms with E-state index < -0.39 is 0 Å². The molecule has 58 valence electrons. The molecule has 2 aromatic rings. The van der Waals surface area contributed by atoms with Crippen LogP contribution in [0.1, 0.15) is 0 Å². The standard InChI is InChI=1S/C7H4ClN2.ClH.Mg/c8-6-1-2-10-5-9-4-7(10)3-6;;/h1-3,5H;1H;/q-1;;+2/p-1. The third-order valence-corrected chi connectivity index (χ3v) is 1.54. The van der Waals surface area contributed by atoms with E-state index in [0.29, 0.717) is 5.02 Å². The summed E-state index contributed by atoms with van der Waals surface area (Å²) in [5, 5.41) is 0.712. The minimum Gasteiger partial charge on any atom is -1.00 e. The first kappa shape index (κ1) is 12.0. The number of rotatable bonds is 0. The predicted molar refractivity (Wildman–Crippen MR) is 44.8 cm³/mol. The van der Waals surface area contributed by atoms with Crippen LogP contribution >= 0.6 is 11.6 Å². The maximum atomic E-state index is 5.71. The zero-order valence-corrected chi connectivity index (χ0v) is 9.09. The summed E-state index contributed by atoms with van der Waals surface area (Å²) in [6.45, 7) is 0. The number of aromatic nitrogens is 2. The van der Waals surface area contributed by atoms with Crippen LogP contribution in [0, 0.1) is 6.20 Å². The van der Waals surface area contributed by atoms with Crippen LogP contribution in [0.25, 0.3) is 5.52 Å². The molecule has 0 atom stereocenters. The summed E-state index contributed by atoms with van der Waals surface area (Å²) < 4.78 is 1.85. The van der Waals surface area contributed by atoms with Gasteiger partial charge >= 0.3 is 23.1 Å². The van der Waals surface area contributed by atoms with E-state index in [-0.39, 0.29) is 35.5 Å². The Morgan fingerprint density at radius 2 is 2.25 bits per heavy atom. The maximum absolute atomic E-state index is 5.71. The second-order valence-corrected chi connectivity index (χ2v) is 2.43. The summed E-state index contributed by atoms with van der Waals surface area (Å²) in [6, 6.07) is 3.62. The van der Waals surface area contributed by atoms with Crippen molar-refractivity contribution < 1.29 is 12.4 Å². The van der Waals surface area contributed by atoms with Gasteiger partial charge in [0.05, 0.1) is 0 Å². The quantitative estimate of drug-likeness (QED) is 0.379. The largest absolute Gasteiger partial charge is 2.00 e. The van der Waals surface area contributed by atoms with Crippen LogP contribution in [0.5, 0.6) is 0 Å². The molecule has 0 N–H and O–H groups in total. The first-order valence-corrected chi connectivity index (χ1v) is 3.24. The molecule has 0 fully saturated rings. The minimum atomic E-state index is 0. The van der Waals surface area contributed by atoms with E-state index in [9.17, 15) is 0 Å². The van der Waals surface area contributed by atoms with Gasteiger partial charge in [-0.2, -0.15) is 0 Å². The number of hydrogen-bond donors (Lipinski definition) is 0. The third kappa shape index (κ3) is 2.26. The van der Waals surface area contributed by atoms with Gasteiger partial charge in [-0.25, -0.2) is 0 Å². The van der Waals surface area contributed by atoms with Crippen molar-refractivity contribution in [1.82, 2.24) is 9.38 Å². The Morgan fingerprint density at radius 3 is 3.00 bits per heavy atom. The van der Waals surface area contributed by atoms with E-state index in [0.717, 1.165) is 5.52 Å². The molecule has 0 saturated heterocycles.